The molecule has 168 valence electrons. The van der Waals surface area contributed by atoms with E-state index >= 15 is 0 Å². The van der Waals surface area contributed by atoms with Crippen molar-refractivity contribution in [1.82, 2.24) is 15.6 Å². The van der Waals surface area contributed by atoms with Gasteiger partial charge in [0, 0.05) is 48.1 Å². The second kappa shape index (κ2) is 9.72. The molecule has 2 amide bonds. The summed E-state index contributed by atoms with van der Waals surface area (Å²) < 4.78 is 39.8. The zero-order chi connectivity index (χ0) is 22.6. The maximum Gasteiger partial charge on any atom is 0.433 e. The van der Waals surface area contributed by atoms with Crippen molar-refractivity contribution in [3.63, 3.8) is 0 Å². The summed E-state index contributed by atoms with van der Waals surface area (Å²) in [6, 6.07) is 5.60. The van der Waals surface area contributed by atoms with Crippen LogP contribution in [0.2, 0.25) is 5.02 Å². The summed E-state index contributed by atoms with van der Waals surface area (Å²) in [4.78, 5) is 26.5. The van der Waals surface area contributed by atoms with Crippen LogP contribution in [0, 0.1) is 0 Å². The summed E-state index contributed by atoms with van der Waals surface area (Å²) in [5, 5.41) is 9.71. The van der Waals surface area contributed by atoms with Gasteiger partial charge in [0.25, 0.3) is 0 Å². The van der Waals surface area contributed by atoms with Crippen LogP contribution in [-0.4, -0.2) is 35.4 Å². The maximum atomic E-state index is 13.3. The number of benzene rings is 1. The number of nitrogens with one attached hydrogen (secondary N) is 3. The van der Waals surface area contributed by atoms with E-state index in [1.165, 1.54) is 19.1 Å². The number of halogens is 4. The van der Waals surface area contributed by atoms with Crippen LogP contribution in [0.15, 0.2) is 24.3 Å². The SMILES string of the molecule is CC(=O)NCCC(=O)N[C@H]1CC[C@@H](Nc2cc(C(F)(F)F)nc3ccc(Cl)cc23)CC1. The Morgan fingerprint density at radius 1 is 1.13 bits per heavy atom. The van der Waals surface area contributed by atoms with Crippen molar-refractivity contribution in [2.75, 3.05) is 11.9 Å². The number of anilines is 1. The molecule has 3 N–H and O–H groups in total. The Morgan fingerprint density at radius 3 is 2.45 bits per heavy atom. The van der Waals surface area contributed by atoms with Gasteiger partial charge in [0.15, 0.2) is 0 Å². The van der Waals surface area contributed by atoms with Gasteiger partial charge >= 0.3 is 6.18 Å². The van der Waals surface area contributed by atoms with E-state index < -0.39 is 11.9 Å². The van der Waals surface area contributed by atoms with Gasteiger partial charge in [0.2, 0.25) is 11.8 Å². The van der Waals surface area contributed by atoms with Crippen LogP contribution in [0.3, 0.4) is 0 Å². The highest BCUT2D eigenvalue weighted by molar-refractivity contribution is 6.31. The predicted molar refractivity (Wildman–Crippen MR) is 113 cm³/mol. The molecule has 2 aromatic rings. The lowest BCUT2D eigenvalue weighted by molar-refractivity contribution is -0.141. The number of hydrogen-bond acceptors (Lipinski definition) is 4. The number of pyridine rings is 1. The quantitative estimate of drug-likeness (QED) is 0.606. The van der Waals surface area contributed by atoms with Crippen molar-refractivity contribution >= 4 is 40.0 Å². The van der Waals surface area contributed by atoms with Crippen LogP contribution in [0.1, 0.15) is 44.7 Å². The molecule has 1 aromatic heterocycles. The number of fused-ring (bicyclic) bond motifs is 1. The van der Waals surface area contributed by atoms with Crippen LogP contribution in [0.4, 0.5) is 18.9 Å². The van der Waals surface area contributed by atoms with Crippen molar-refractivity contribution < 1.29 is 22.8 Å². The first kappa shape index (κ1) is 23.1. The molecule has 0 atom stereocenters. The highest BCUT2D eigenvalue weighted by atomic mass is 35.5. The average molecular weight is 457 g/mol. The second-order valence-electron chi connectivity index (χ2n) is 7.71. The molecule has 1 fully saturated rings. The van der Waals surface area contributed by atoms with Gasteiger partial charge in [0.1, 0.15) is 5.69 Å². The summed E-state index contributed by atoms with van der Waals surface area (Å²) in [7, 11) is 0. The number of alkyl halides is 3. The standard InChI is InChI=1S/C21H24ClF3N4O2/c1-12(30)26-9-8-20(31)28-15-5-3-14(4-6-15)27-18-11-19(21(23,24)25)29-17-7-2-13(22)10-16(17)18/h2,7,10-11,14-15H,3-6,8-9H2,1H3,(H,26,30)(H,27,29)(H,28,31)/t14-,15+. The van der Waals surface area contributed by atoms with Gasteiger partial charge < -0.3 is 16.0 Å². The first-order valence-corrected chi connectivity index (χ1v) is 10.5. The molecule has 1 aromatic carbocycles. The zero-order valence-electron chi connectivity index (χ0n) is 17.0. The van der Waals surface area contributed by atoms with Gasteiger partial charge in [-0.2, -0.15) is 13.2 Å². The minimum Gasteiger partial charge on any atom is -0.382 e. The third-order valence-corrected chi connectivity index (χ3v) is 5.47. The molecular formula is C21H24ClF3N4O2. The zero-order valence-corrected chi connectivity index (χ0v) is 17.7. The van der Waals surface area contributed by atoms with Gasteiger partial charge in [-0.25, -0.2) is 4.98 Å². The Bertz CT molecular complexity index is 960. The fraction of sp³-hybridized carbons (Fsp3) is 0.476. The van der Waals surface area contributed by atoms with Crippen molar-refractivity contribution in [1.29, 1.82) is 0 Å². The summed E-state index contributed by atoms with van der Waals surface area (Å²) in [5.41, 5.74) is -0.380. The molecule has 0 spiro atoms. The molecule has 0 bridgehead atoms. The van der Waals surface area contributed by atoms with Crippen LogP contribution >= 0.6 is 11.6 Å². The summed E-state index contributed by atoms with van der Waals surface area (Å²) in [6.45, 7) is 1.68. The summed E-state index contributed by atoms with van der Waals surface area (Å²) in [5.74, 6) is -0.312. The molecule has 0 radical (unpaired) electrons. The molecule has 1 aliphatic carbocycles. The third-order valence-electron chi connectivity index (χ3n) is 5.24. The number of carbonyl (C=O) groups excluding carboxylic acids is 2. The molecule has 3 rings (SSSR count). The van der Waals surface area contributed by atoms with Gasteiger partial charge in [-0.05, 0) is 49.9 Å². The summed E-state index contributed by atoms with van der Waals surface area (Å²) in [6.07, 6.45) is -1.53. The number of nitrogens with zero attached hydrogens (tertiary/aromatic N) is 1. The lowest BCUT2D eigenvalue weighted by atomic mass is 9.90. The normalized spacial score (nSPS) is 19.1. The lowest BCUT2D eigenvalue weighted by Gasteiger charge is -2.30. The Kier molecular flexibility index (Phi) is 7.25. The smallest absolute Gasteiger partial charge is 0.382 e. The number of aromatic nitrogens is 1. The van der Waals surface area contributed by atoms with E-state index in [4.69, 9.17) is 11.6 Å². The highest BCUT2D eigenvalue weighted by Crippen LogP contribution is 2.35. The Balaban J connectivity index is 1.63. The van der Waals surface area contributed by atoms with Crippen LogP contribution in [0.5, 0.6) is 0 Å². The monoisotopic (exact) mass is 456 g/mol. The van der Waals surface area contributed by atoms with Crippen molar-refractivity contribution in [3.05, 3.63) is 35.0 Å². The topological polar surface area (TPSA) is 83.1 Å². The highest BCUT2D eigenvalue weighted by Gasteiger charge is 2.34. The van der Waals surface area contributed by atoms with Gasteiger partial charge in [-0.1, -0.05) is 11.6 Å². The van der Waals surface area contributed by atoms with Gasteiger partial charge in [0.05, 0.1) is 5.52 Å². The van der Waals surface area contributed by atoms with E-state index in [1.807, 2.05) is 0 Å². The molecule has 10 heteroatoms. The Morgan fingerprint density at radius 2 is 1.81 bits per heavy atom. The molecule has 0 saturated heterocycles. The fourth-order valence-corrected chi connectivity index (χ4v) is 3.89. The van der Waals surface area contributed by atoms with E-state index in [1.54, 1.807) is 6.07 Å². The fourth-order valence-electron chi connectivity index (χ4n) is 3.72. The molecule has 6 nitrogen and oxygen atoms in total. The Hall–Kier alpha value is -2.55. The first-order chi connectivity index (χ1) is 14.6. The molecule has 0 aliphatic heterocycles. The molecule has 1 aliphatic rings. The third kappa shape index (κ3) is 6.46. The Labute approximate surface area is 182 Å². The average Bonchev–Trinajstić information content (AvgIpc) is 2.68. The van der Waals surface area contributed by atoms with Crippen LogP contribution in [-0.2, 0) is 15.8 Å². The number of hydrogen-bond donors (Lipinski definition) is 3. The van der Waals surface area contributed by atoms with E-state index in [-0.39, 0.29) is 42.4 Å². The second-order valence-corrected chi connectivity index (χ2v) is 8.14. The number of rotatable bonds is 6. The maximum absolute atomic E-state index is 13.3. The van der Waals surface area contributed by atoms with Crippen LogP contribution < -0.4 is 16.0 Å². The van der Waals surface area contributed by atoms with Crippen molar-refractivity contribution in [2.45, 2.75) is 57.3 Å². The van der Waals surface area contributed by atoms with Crippen molar-refractivity contribution in [2.24, 2.45) is 0 Å². The molecule has 31 heavy (non-hydrogen) atoms. The molecule has 0 unspecified atom stereocenters. The minimum atomic E-state index is -4.55. The number of amides is 2. The van der Waals surface area contributed by atoms with Crippen molar-refractivity contribution in [3.8, 4) is 0 Å². The van der Waals surface area contributed by atoms with Gasteiger partial charge in [-0.3, -0.25) is 9.59 Å². The predicted octanol–water partition coefficient (Wildman–Crippen LogP) is 4.27. The number of carbonyl (C=O) groups is 2. The van der Waals surface area contributed by atoms with Crippen LogP contribution in [0.25, 0.3) is 10.9 Å². The van der Waals surface area contributed by atoms with Gasteiger partial charge in [-0.15, -0.1) is 0 Å². The molecule has 1 saturated carbocycles. The molecular weight excluding hydrogens is 433 g/mol. The van der Waals surface area contributed by atoms with E-state index in [9.17, 15) is 22.8 Å². The lowest BCUT2D eigenvalue weighted by Crippen LogP contribution is -2.41. The first-order valence-electron chi connectivity index (χ1n) is 10.1. The van der Waals surface area contributed by atoms with E-state index in [2.05, 4.69) is 20.9 Å². The molecule has 1 heterocycles. The minimum absolute atomic E-state index is 0.0113. The van der Waals surface area contributed by atoms with E-state index in [0.717, 1.165) is 6.07 Å². The summed E-state index contributed by atoms with van der Waals surface area (Å²) >= 11 is 6.04. The largest absolute Gasteiger partial charge is 0.433 e. The van der Waals surface area contributed by atoms with E-state index in [0.29, 0.717) is 41.8 Å².